The van der Waals surface area contributed by atoms with Gasteiger partial charge in [0, 0.05) is 11.1 Å². The maximum atomic E-state index is 11.7. The number of carbonyl (C=O) groups is 1. The zero-order chi connectivity index (χ0) is 12.5. The molecule has 1 aliphatic rings. The molecule has 1 aromatic carbocycles. The molecule has 1 aliphatic carbocycles. The van der Waals surface area contributed by atoms with Crippen molar-refractivity contribution >= 4 is 5.97 Å². The van der Waals surface area contributed by atoms with Gasteiger partial charge in [-0.15, -0.1) is 0 Å². The van der Waals surface area contributed by atoms with Crippen LogP contribution in [0.1, 0.15) is 34.9 Å². The van der Waals surface area contributed by atoms with E-state index in [-0.39, 0.29) is 5.76 Å². The van der Waals surface area contributed by atoms with Crippen LogP contribution in [0.4, 0.5) is 0 Å². The maximum Gasteiger partial charge on any atom is 0.377 e. The summed E-state index contributed by atoms with van der Waals surface area (Å²) in [5, 5.41) is 4.04. The molecule has 0 unspecified atom stereocenters. The number of hydrogen-bond acceptors (Lipinski definition) is 4. The summed E-state index contributed by atoms with van der Waals surface area (Å²) in [5.41, 5.74) is 2.63. The van der Waals surface area contributed by atoms with Crippen molar-refractivity contribution in [3.05, 3.63) is 41.7 Å². The van der Waals surface area contributed by atoms with Gasteiger partial charge in [0.15, 0.2) is 0 Å². The van der Waals surface area contributed by atoms with E-state index in [1.165, 1.54) is 7.11 Å². The third-order valence-electron chi connectivity index (χ3n) is 3.13. The highest BCUT2D eigenvalue weighted by molar-refractivity contribution is 5.90. The van der Waals surface area contributed by atoms with E-state index < -0.39 is 5.97 Å². The third-order valence-corrected chi connectivity index (χ3v) is 3.13. The van der Waals surface area contributed by atoms with Crippen LogP contribution < -0.4 is 0 Å². The molecule has 2 aromatic rings. The molecule has 1 saturated carbocycles. The van der Waals surface area contributed by atoms with E-state index in [1.807, 2.05) is 30.3 Å². The lowest BCUT2D eigenvalue weighted by atomic mass is 10.0. The zero-order valence-corrected chi connectivity index (χ0v) is 10.1. The van der Waals surface area contributed by atoms with E-state index in [4.69, 9.17) is 9.26 Å². The molecule has 0 spiro atoms. The second kappa shape index (κ2) is 4.29. The zero-order valence-electron chi connectivity index (χ0n) is 10.1. The Morgan fingerprint density at radius 2 is 2.06 bits per heavy atom. The molecule has 0 aliphatic heterocycles. The van der Waals surface area contributed by atoms with Crippen molar-refractivity contribution in [1.82, 2.24) is 5.16 Å². The van der Waals surface area contributed by atoms with Crippen LogP contribution in [-0.2, 0) is 4.74 Å². The quantitative estimate of drug-likeness (QED) is 0.777. The fourth-order valence-electron chi connectivity index (χ4n) is 2.09. The van der Waals surface area contributed by atoms with Crippen molar-refractivity contribution in [2.45, 2.75) is 18.8 Å². The standard InChI is InChI=1S/C14H13NO3/c1-17-14(16)13-11(9-7-8-9)12(15-18-13)10-5-3-2-4-6-10/h2-6,9H,7-8H2,1H3. The number of benzene rings is 1. The molecule has 1 aromatic heterocycles. The lowest BCUT2D eigenvalue weighted by molar-refractivity contribution is 0.0553. The second-order valence-corrected chi connectivity index (χ2v) is 4.41. The van der Waals surface area contributed by atoms with Gasteiger partial charge in [-0.1, -0.05) is 35.5 Å². The maximum absolute atomic E-state index is 11.7. The number of aromatic nitrogens is 1. The fraction of sp³-hybridized carbons (Fsp3) is 0.286. The van der Waals surface area contributed by atoms with Gasteiger partial charge < -0.3 is 9.26 Å². The van der Waals surface area contributed by atoms with Crippen molar-refractivity contribution in [1.29, 1.82) is 0 Å². The fourth-order valence-corrected chi connectivity index (χ4v) is 2.09. The molecule has 0 saturated heterocycles. The van der Waals surface area contributed by atoms with Gasteiger partial charge in [-0.05, 0) is 18.8 Å². The number of hydrogen-bond donors (Lipinski definition) is 0. The van der Waals surface area contributed by atoms with Crippen molar-refractivity contribution in [3.63, 3.8) is 0 Å². The molecule has 0 bridgehead atoms. The molecule has 0 atom stereocenters. The summed E-state index contributed by atoms with van der Waals surface area (Å²) in [5.74, 6) is 0.172. The number of ether oxygens (including phenoxy) is 1. The largest absolute Gasteiger partial charge is 0.463 e. The molecule has 4 nitrogen and oxygen atoms in total. The summed E-state index contributed by atoms with van der Waals surface area (Å²) < 4.78 is 9.91. The monoisotopic (exact) mass is 243 g/mol. The Morgan fingerprint density at radius 1 is 1.33 bits per heavy atom. The molecular weight excluding hydrogens is 230 g/mol. The summed E-state index contributed by atoms with van der Waals surface area (Å²) in [7, 11) is 1.35. The molecule has 0 amide bonds. The Bertz CT molecular complexity index is 570. The average molecular weight is 243 g/mol. The van der Waals surface area contributed by atoms with Crippen molar-refractivity contribution in [3.8, 4) is 11.3 Å². The summed E-state index contributed by atoms with van der Waals surface area (Å²) in [6.07, 6.45) is 2.15. The molecule has 4 heteroatoms. The highest BCUT2D eigenvalue weighted by atomic mass is 16.5. The van der Waals surface area contributed by atoms with Crippen LogP contribution in [0.3, 0.4) is 0 Å². The molecule has 0 radical (unpaired) electrons. The first-order valence-corrected chi connectivity index (χ1v) is 5.94. The Morgan fingerprint density at radius 3 is 2.67 bits per heavy atom. The first kappa shape index (κ1) is 11.0. The van der Waals surface area contributed by atoms with E-state index >= 15 is 0 Å². The minimum Gasteiger partial charge on any atom is -0.463 e. The Kier molecular flexibility index (Phi) is 2.63. The molecule has 1 heterocycles. The highest BCUT2D eigenvalue weighted by Crippen LogP contribution is 2.46. The second-order valence-electron chi connectivity index (χ2n) is 4.41. The van der Waals surface area contributed by atoms with E-state index in [0.29, 0.717) is 5.92 Å². The Hall–Kier alpha value is -2.10. The lowest BCUT2D eigenvalue weighted by Crippen LogP contribution is -2.02. The van der Waals surface area contributed by atoms with Crippen LogP contribution in [0.2, 0.25) is 0 Å². The van der Waals surface area contributed by atoms with Crippen LogP contribution in [0.5, 0.6) is 0 Å². The summed E-state index contributed by atoms with van der Waals surface area (Å²) in [4.78, 5) is 11.7. The molecule has 1 fully saturated rings. The molecule has 92 valence electrons. The Balaban J connectivity index is 2.10. The van der Waals surface area contributed by atoms with E-state index in [1.54, 1.807) is 0 Å². The normalized spacial score (nSPS) is 14.5. The van der Waals surface area contributed by atoms with Gasteiger partial charge in [0.25, 0.3) is 0 Å². The Labute approximate surface area is 105 Å². The topological polar surface area (TPSA) is 52.3 Å². The van der Waals surface area contributed by atoms with Crippen molar-refractivity contribution < 1.29 is 14.1 Å². The van der Waals surface area contributed by atoms with E-state index in [0.717, 1.165) is 29.7 Å². The molecule has 0 N–H and O–H groups in total. The van der Waals surface area contributed by atoms with E-state index in [9.17, 15) is 4.79 Å². The SMILES string of the molecule is COC(=O)c1onc(-c2ccccc2)c1C1CC1. The summed E-state index contributed by atoms with van der Waals surface area (Å²) in [6, 6.07) is 9.76. The smallest absolute Gasteiger partial charge is 0.377 e. The number of rotatable bonds is 3. The highest BCUT2D eigenvalue weighted by Gasteiger charge is 2.35. The van der Waals surface area contributed by atoms with Crippen LogP contribution in [-0.4, -0.2) is 18.2 Å². The van der Waals surface area contributed by atoms with Crippen LogP contribution in [0, 0.1) is 0 Å². The van der Waals surface area contributed by atoms with Gasteiger partial charge >= 0.3 is 5.97 Å². The minimum absolute atomic E-state index is 0.249. The molecular formula is C14H13NO3. The summed E-state index contributed by atoms with van der Waals surface area (Å²) >= 11 is 0. The first-order chi connectivity index (χ1) is 8.81. The van der Waals surface area contributed by atoms with Gasteiger partial charge in [-0.25, -0.2) is 4.79 Å². The van der Waals surface area contributed by atoms with Crippen LogP contribution >= 0.6 is 0 Å². The van der Waals surface area contributed by atoms with Gasteiger partial charge in [0.2, 0.25) is 5.76 Å². The van der Waals surface area contributed by atoms with Crippen molar-refractivity contribution in [2.24, 2.45) is 0 Å². The van der Waals surface area contributed by atoms with Crippen LogP contribution in [0.15, 0.2) is 34.9 Å². The van der Waals surface area contributed by atoms with Gasteiger partial charge in [-0.3, -0.25) is 0 Å². The predicted molar refractivity (Wildman–Crippen MR) is 65.3 cm³/mol. The van der Waals surface area contributed by atoms with Gasteiger partial charge in [0.05, 0.1) is 7.11 Å². The molecule has 3 rings (SSSR count). The lowest BCUT2D eigenvalue weighted by Gasteiger charge is -2.01. The van der Waals surface area contributed by atoms with Crippen LogP contribution in [0.25, 0.3) is 11.3 Å². The summed E-state index contributed by atoms with van der Waals surface area (Å²) in [6.45, 7) is 0. The number of nitrogens with zero attached hydrogens (tertiary/aromatic N) is 1. The van der Waals surface area contributed by atoms with Gasteiger partial charge in [-0.2, -0.15) is 0 Å². The third kappa shape index (κ3) is 1.79. The number of methoxy groups -OCH3 is 1. The average Bonchev–Trinajstić information content (AvgIpc) is 3.17. The van der Waals surface area contributed by atoms with E-state index in [2.05, 4.69) is 5.16 Å². The predicted octanol–water partition coefficient (Wildman–Crippen LogP) is 3.01. The molecule has 18 heavy (non-hydrogen) atoms. The first-order valence-electron chi connectivity index (χ1n) is 5.94. The van der Waals surface area contributed by atoms with Crippen molar-refractivity contribution in [2.75, 3.05) is 7.11 Å². The minimum atomic E-state index is -0.452. The number of esters is 1. The number of carbonyl (C=O) groups excluding carboxylic acids is 1. The van der Waals surface area contributed by atoms with Gasteiger partial charge in [0.1, 0.15) is 5.69 Å².